The third-order valence-corrected chi connectivity index (χ3v) is 12.8. The number of hydrogen-bond donors (Lipinski definition) is 2. The number of fused-ring (bicyclic) bond motifs is 2. The molecule has 0 fully saturated rings. The Kier molecular flexibility index (Phi) is 12.3. The Morgan fingerprint density at radius 1 is 0.619 bits per heavy atom. The van der Waals surface area contributed by atoms with Gasteiger partial charge < -0.3 is 19.9 Å². The van der Waals surface area contributed by atoms with Gasteiger partial charge in [0.05, 0.1) is 28.2 Å². The molecule has 0 saturated heterocycles. The number of alkyl halides is 6. The van der Waals surface area contributed by atoms with E-state index in [0.29, 0.717) is 44.3 Å². The Morgan fingerprint density at radius 3 is 1.73 bits per heavy atom. The zero-order chi connectivity index (χ0) is 44.5. The van der Waals surface area contributed by atoms with Gasteiger partial charge in [-0.05, 0) is 105 Å². The van der Waals surface area contributed by atoms with E-state index in [-0.39, 0.29) is 22.6 Å². The Balaban J connectivity index is 1.13. The number of carbonyl (C=O) groups excluding carboxylic acids is 2. The highest BCUT2D eigenvalue weighted by molar-refractivity contribution is 7.20. The molecule has 0 aliphatic heterocycles. The van der Waals surface area contributed by atoms with Gasteiger partial charge in [0.1, 0.15) is 6.10 Å². The molecule has 8 aromatic rings. The van der Waals surface area contributed by atoms with Crippen molar-refractivity contribution in [2.75, 3.05) is 20.3 Å². The van der Waals surface area contributed by atoms with E-state index in [9.17, 15) is 41.0 Å². The van der Waals surface area contributed by atoms with E-state index in [0.717, 1.165) is 50.9 Å². The summed E-state index contributed by atoms with van der Waals surface area (Å²) < 4.78 is 95.2. The molecule has 0 saturated carbocycles. The molecule has 2 unspecified atom stereocenters. The van der Waals surface area contributed by atoms with Crippen molar-refractivity contribution >= 4 is 54.7 Å². The van der Waals surface area contributed by atoms with Crippen LogP contribution in [0, 0.1) is 0 Å². The number of amides is 1. The number of benzene rings is 6. The summed E-state index contributed by atoms with van der Waals surface area (Å²) in [5.41, 5.74) is 1.72. The lowest BCUT2D eigenvalue weighted by Gasteiger charge is -2.19. The number of ether oxygens (including phenoxy) is 2. The largest absolute Gasteiger partial charge is 0.448 e. The minimum absolute atomic E-state index is 0.0838. The maximum Gasteiger partial charge on any atom is 0.416 e. The molecule has 2 N–H and O–H groups in total. The molecule has 2 aromatic heterocycles. The van der Waals surface area contributed by atoms with Gasteiger partial charge in [0.2, 0.25) is 0 Å². The average Bonchev–Trinajstić information content (AvgIpc) is 3.93. The fraction of sp³-hybridized carbons (Fsp3) is 0.143. The minimum atomic E-state index is -4.67. The molecule has 1 amide bonds. The highest BCUT2D eigenvalue weighted by atomic mass is 32.1. The van der Waals surface area contributed by atoms with Crippen LogP contribution in [0.5, 0.6) is 0 Å². The summed E-state index contributed by atoms with van der Waals surface area (Å²) in [6.45, 7) is 0.677. The quantitative estimate of drug-likeness (QED) is 0.0725. The van der Waals surface area contributed by atoms with E-state index in [1.807, 2.05) is 36.4 Å². The second-order valence-electron chi connectivity index (χ2n) is 14.6. The van der Waals surface area contributed by atoms with E-state index in [4.69, 9.17) is 9.47 Å². The molecule has 6 aromatic carbocycles. The molecule has 14 heteroatoms. The summed E-state index contributed by atoms with van der Waals surface area (Å²) in [4.78, 5) is 27.9. The Labute approximate surface area is 365 Å². The van der Waals surface area contributed by atoms with Crippen molar-refractivity contribution in [3.63, 3.8) is 0 Å². The molecule has 63 heavy (non-hydrogen) atoms. The molecule has 0 bridgehead atoms. The first-order chi connectivity index (χ1) is 30.2. The number of aliphatic hydroxyl groups is 1. The first-order valence-corrected chi connectivity index (χ1v) is 21.1. The number of aliphatic hydroxyl groups excluding tert-OH is 1. The molecule has 320 valence electrons. The lowest BCUT2D eigenvalue weighted by atomic mass is 10.0. The van der Waals surface area contributed by atoms with E-state index in [1.54, 1.807) is 54.6 Å². The van der Waals surface area contributed by atoms with Crippen molar-refractivity contribution in [2.24, 2.45) is 0 Å². The van der Waals surface area contributed by atoms with Crippen molar-refractivity contribution in [1.82, 2.24) is 5.32 Å². The predicted octanol–water partition coefficient (Wildman–Crippen LogP) is 12.9. The van der Waals surface area contributed by atoms with Crippen LogP contribution >= 0.6 is 22.7 Å². The zero-order valence-electron chi connectivity index (χ0n) is 33.1. The standard InChI is InChI=1S/C49H35F6NO5S2/c1-60-21-20-56-46(58)34-14-2-8-28(22-34)38-18-7-13-33-27-41(63-45(33)38)43(31-11-5-17-37(25-31)49(53,54)55)61-47(59)35-15-3-9-29(23-35)39-19-6-12-32-26-40(62-44(32)39)42(57)30-10-4-16-36(24-30)48(50,51)52/h2-19,22-27,42-43,57H,20-21H2,1H3,(H,56,58). The second kappa shape index (κ2) is 17.8. The zero-order valence-corrected chi connectivity index (χ0v) is 34.7. The molecule has 0 aliphatic rings. The highest BCUT2D eigenvalue weighted by Crippen LogP contribution is 2.43. The number of nitrogens with one attached hydrogen (secondary N) is 1. The Morgan fingerprint density at radius 2 is 1.13 bits per heavy atom. The van der Waals surface area contributed by atoms with E-state index >= 15 is 0 Å². The molecule has 0 radical (unpaired) electrons. The number of hydrogen-bond acceptors (Lipinski definition) is 7. The van der Waals surface area contributed by atoms with Crippen LogP contribution in [-0.4, -0.2) is 37.2 Å². The molecular formula is C49H35F6NO5S2. The average molecular weight is 896 g/mol. The van der Waals surface area contributed by atoms with Gasteiger partial charge in [0.15, 0.2) is 6.10 Å². The summed E-state index contributed by atoms with van der Waals surface area (Å²) in [6, 6.07) is 37.3. The first kappa shape index (κ1) is 43.3. The molecule has 2 atom stereocenters. The number of esters is 1. The summed E-state index contributed by atoms with van der Waals surface area (Å²) in [5, 5.41) is 15.5. The SMILES string of the molecule is COCCNC(=O)c1cccc(-c2cccc3cc(C(OC(=O)c4cccc(-c5cccc6cc(C(O)c7cccc(C(F)(F)F)c7)sc56)c4)c4cccc(C(F)(F)F)c4)sc23)c1. The third kappa shape index (κ3) is 9.40. The van der Waals surface area contributed by atoms with Crippen LogP contribution in [0.3, 0.4) is 0 Å². The number of thiophene rings is 2. The number of carbonyl (C=O) groups is 2. The van der Waals surface area contributed by atoms with Crippen molar-refractivity contribution in [3.05, 3.63) is 189 Å². The summed E-state index contributed by atoms with van der Waals surface area (Å²) in [5.74, 6) is -1.08. The van der Waals surface area contributed by atoms with Crippen molar-refractivity contribution in [2.45, 2.75) is 24.6 Å². The second-order valence-corrected chi connectivity index (χ2v) is 16.8. The maximum absolute atomic E-state index is 14.2. The highest BCUT2D eigenvalue weighted by Gasteiger charge is 2.33. The van der Waals surface area contributed by atoms with Crippen LogP contribution < -0.4 is 5.32 Å². The third-order valence-electron chi connectivity index (χ3n) is 10.4. The lowest BCUT2D eigenvalue weighted by molar-refractivity contribution is -0.138. The van der Waals surface area contributed by atoms with Crippen molar-refractivity contribution in [1.29, 1.82) is 0 Å². The number of rotatable bonds is 12. The monoisotopic (exact) mass is 895 g/mol. The van der Waals surface area contributed by atoms with Crippen LogP contribution in [0.1, 0.15) is 64.9 Å². The molecule has 0 aliphatic carbocycles. The van der Waals surface area contributed by atoms with Crippen LogP contribution in [0.4, 0.5) is 26.3 Å². The smallest absolute Gasteiger partial charge is 0.416 e. The van der Waals surface area contributed by atoms with Gasteiger partial charge >= 0.3 is 18.3 Å². The fourth-order valence-electron chi connectivity index (χ4n) is 7.29. The van der Waals surface area contributed by atoms with Gasteiger partial charge in [-0.25, -0.2) is 4.79 Å². The van der Waals surface area contributed by atoms with Crippen molar-refractivity contribution in [3.8, 4) is 22.3 Å². The van der Waals surface area contributed by atoms with Crippen LogP contribution in [0.25, 0.3) is 42.4 Å². The minimum Gasteiger partial charge on any atom is -0.448 e. The lowest BCUT2D eigenvalue weighted by Crippen LogP contribution is -2.26. The van der Waals surface area contributed by atoms with E-state index in [1.165, 1.54) is 60.1 Å². The summed E-state index contributed by atoms with van der Waals surface area (Å²) in [7, 11) is 1.54. The fourth-order valence-corrected chi connectivity index (χ4v) is 9.75. The number of halogens is 6. The molecule has 2 heterocycles. The van der Waals surface area contributed by atoms with Crippen LogP contribution in [-0.2, 0) is 21.8 Å². The summed E-state index contributed by atoms with van der Waals surface area (Å²) >= 11 is 2.46. The number of methoxy groups -OCH3 is 1. The van der Waals surface area contributed by atoms with Crippen LogP contribution in [0.15, 0.2) is 146 Å². The Bertz CT molecular complexity index is 2970. The maximum atomic E-state index is 14.2. The van der Waals surface area contributed by atoms with Gasteiger partial charge in [0.25, 0.3) is 5.91 Å². The van der Waals surface area contributed by atoms with Crippen molar-refractivity contribution < 1.29 is 50.5 Å². The topological polar surface area (TPSA) is 84.9 Å². The van der Waals surface area contributed by atoms with Gasteiger partial charge in [-0.15, -0.1) is 22.7 Å². The first-order valence-electron chi connectivity index (χ1n) is 19.4. The van der Waals surface area contributed by atoms with Gasteiger partial charge in [-0.3, -0.25) is 4.79 Å². The molecule has 6 nitrogen and oxygen atoms in total. The van der Waals surface area contributed by atoms with Crippen LogP contribution in [0.2, 0.25) is 0 Å². The Hall–Kier alpha value is -6.32. The summed E-state index contributed by atoms with van der Waals surface area (Å²) in [6.07, 6.45) is -11.8. The van der Waals surface area contributed by atoms with Gasteiger partial charge in [0, 0.05) is 33.5 Å². The van der Waals surface area contributed by atoms with Gasteiger partial charge in [-0.2, -0.15) is 26.3 Å². The van der Waals surface area contributed by atoms with E-state index < -0.39 is 41.7 Å². The predicted molar refractivity (Wildman–Crippen MR) is 233 cm³/mol. The normalized spacial score (nSPS) is 13.0. The van der Waals surface area contributed by atoms with E-state index in [2.05, 4.69) is 5.32 Å². The molecule has 8 rings (SSSR count). The molecule has 0 spiro atoms. The molecular weight excluding hydrogens is 861 g/mol. The van der Waals surface area contributed by atoms with Gasteiger partial charge in [-0.1, -0.05) is 84.9 Å².